The molecule has 2 atom stereocenters. The van der Waals surface area contributed by atoms with Gasteiger partial charge in [-0.05, 0) is 72.4 Å². The third-order valence-electron chi connectivity index (χ3n) is 5.21. The highest BCUT2D eigenvalue weighted by Gasteiger charge is 2.40. The molecule has 3 aliphatic heterocycles. The minimum atomic E-state index is 0.0775. The molecule has 2 bridgehead atoms. The summed E-state index contributed by atoms with van der Waals surface area (Å²) in [5, 5.41) is 9.89. The molecule has 2 aromatic rings. The van der Waals surface area contributed by atoms with Crippen LogP contribution in [-0.4, -0.2) is 36.0 Å². The Hall–Kier alpha value is -1.39. The van der Waals surface area contributed by atoms with Crippen LogP contribution >= 0.6 is 11.3 Å². The van der Waals surface area contributed by atoms with Gasteiger partial charge in [-0.3, -0.25) is 9.69 Å². The summed E-state index contributed by atoms with van der Waals surface area (Å²) in [4.78, 5) is 15.1. The molecule has 0 unspecified atom stereocenters. The first-order valence-corrected chi connectivity index (χ1v) is 8.67. The predicted octanol–water partition coefficient (Wildman–Crippen LogP) is 3.11. The zero-order valence-electron chi connectivity index (χ0n) is 12.2. The summed E-state index contributed by atoms with van der Waals surface area (Å²) in [5.74, 6) is 0.729. The Labute approximate surface area is 128 Å². The van der Waals surface area contributed by atoms with E-state index in [4.69, 9.17) is 0 Å². The molecule has 4 heterocycles. The van der Waals surface area contributed by atoms with Gasteiger partial charge in [0.15, 0.2) is 0 Å². The zero-order chi connectivity index (χ0) is 14.4. The lowest BCUT2D eigenvalue weighted by molar-refractivity contribution is 0.0217. The quantitative estimate of drug-likeness (QED) is 0.924. The number of hydrogen-bond donors (Lipinski definition) is 1. The number of benzene rings is 1. The van der Waals surface area contributed by atoms with Crippen LogP contribution in [0.15, 0.2) is 29.0 Å². The fourth-order valence-corrected chi connectivity index (χ4v) is 4.67. The Bertz CT molecular complexity index is 670. The Morgan fingerprint density at radius 3 is 2.76 bits per heavy atom. The number of thiophene rings is 1. The standard InChI is InChI=1S/C17H20N2OS/c1-11-16(12-4-6-19(11)7-5-12)18-17(20)13-2-3-14-9-21-10-15(14)8-13/h2-3,8-12,16H,4-7H2,1H3,(H,18,20)/t11-,16-/m0/s1. The predicted molar refractivity (Wildman–Crippen MR) is 86.8 cm³/mol. The number of fused-ring (bicyclic) bond motifs is 4. The third kappa shape index (κ3) is 2.27. The maximum Gasteiger partial charge on any atom is 0.251 e. The summed E-state index contributed by atoms with van der Waals surface area (Å²) in [5.41, 5.74) is 0.782. The van der Waals surface area contributed by atoms with Gasteiger partial charge in [0.25, 0.3) is 5.91 Å². The lowest BCUT2D eigenvalue weighted by atomic mass is 9.79. The van der Waals surface area contributed by atoms with Crippen LogP contribution in [0.3, 0.4) is 0 Å². The summed E-state index contributed by atoms with van der Waals surface area (Å²) in [6.45, 7) is 4.64. The Morgan fingerprint density at radius 1 is 1.24 bits per heavy atom. The summed E-state index contributed by atoms with van der Waals surface area (Å²) in [7, 11) is 0. The van der Waals surface area contributed by atoms with E-state index in [9.17, 15) is 4.79 Å². The van der Waals surface area contributed by atoms with E-state index in [1.54, 1.807) is 11.3 Å². The van der Waals surface area contributed by atoms with Gasteiger partial charge in [-0.1, -0.05) is 6.07 Å². The molecular formula is C17H20N2OS. The van der Waals surface area contributed by atoms with Crippen molar-refractivity contribution in [2.24, 2.45) is 5.92 Å². The number of rotatable bonds is 2. The molecule has 1 N–H and O–H groups in total. The first-order chi connectivity index (χ1) is 10.2. The van der Waals surface area contributed by atoms with Crippen molar-refractivity contribution in [2.45, 2.75) is 31.8 Å². The maximum atomic E-state index is 12.6. The molecule has 0 aliphatic carbocycles. The molecule has 5 rings (SSSR count). The van der Waals surface area contributed by atoms with Gasteiger partial charge >= 0.3 is 0 Å². The van der Waals surface area contributed by atoms with E-state index >= 15 is 0 Å². The largest absolute Gasteiger partial charge is 0.347 e. The first kappa shape index (κ1) is 13.3. The highest BCUT2D eigenvalue weighted by Crippen LogP contribution is 2.32. The van der Waals surface area contributed by atoms with Crippen LogP contribution < -0.4 is 5.32 Å². The molecule has 1 aromatic carbocycles. The molecule has 4 heteroatoms. The number of carbonyl (C=O) groups is 1. The van der Waals surface area contributed by atoms with Crippen molar-refractivity contribution in [3.05, 3.63) is 34.5 Å². The van der Waals surface area contributed by atoms with E-state index in [0.717, 1.165) is 10.9 Å². The van der Waals surface area contributed by atoms with Crippen molar-refractivity contribution in [3.8, 4) is 0 Å². The SMILES string of the molecule is C[C@H]1[C@H](NC(=O)c2ccc3cscc3c2)C2CCN1CC2. The highest BCUT2D eigenvalue weighted by molar-refractivity contribution is 7.09. The van der Waals surface area contributed by atoms with E-state index in [-0.39, 0.29) is 5.91 Å². The fraction of sp³-hybridized carbons (Fsp3) is 0.471. The third-order valence-corrected chi connectivity index (χ3v) is 5.99. The van der Waals surface area contributed by atoms with Crippen LogP contribution in [0.1, 0.15) is 30.1 Å². The Kier molecular flexibility index (Phi) is 3.23. The van der Waals surface area contributed by atoms with E-state index in [1.807, 2.05) is 18.2 Å². The minimum Gasteiger partial charge on any atom is -0.347 e. The number of piperidine rings is 3. The minimum absolute atomic E-state index is 0.0775. The fourth-order valence-electron chi connectivity index (χ4n) is 3.89. The van der Waals surface area contributed by atoms with E-state index in [0.29, 0.717) is 18.0 Å². The van der Waals surface area contributed by atoms with Gasteiger partial charge in [-0.2, -0.15) is 11.3 Å². The molecule has 1 amide bonds. The smallest absolute Gasteiger partial charge is 0.251 e. The van der Waals surface area contributed by atoms with Crippen LogP contribution in [0.2, 0.25) is 0 Å². The van der Waals surface area contributed by atoms with Crippen molar-refractivity contribution in [2.75, 3.05) is 13.1 Å². The van der Waals surface area contributed by atoms with Crippen LogP contribution in [0.4, 0.5) is 0 Å². The second kappa shape index (κ2) is 5.11. The number of nitrogens with zero attached hydrogens (tertiary/aromatic N) is 1. The summed E-state index contributed by atoms with van der Waals surface area (Å²) in [6, 6.07) is 6.76. The summed E-state index contributed by atoms with van der Waals surface area (Å²) in [6.07, 6.45) is 2.44. The molecule has 3 saturated heterocycles. The second-order valence-corrected chi connectivity index (χ2v) is 7.07. The van der Waals surface area contributed by atoms with E-state index in [2.05, 4.69) is 27.9 Å². The second-order valence-electron chi connectivity index (χ2n) is 6.33. The lowest BCUT2D eigenvalue weighted by Crippen LogP contribution is -2.62. The molecule has 3 fully saturated rings. The van der Waals surface area contributed by atoms with Crippen LogP contribution in [0, 0.1) is 5.92 Å². The maximum absolute atomic E-state index is 12.6. The number of amides is 1. The van der Waals surface area contributed by atoms with Crippen molar-refractivity contribution >= 4 is 28.0 Å². The molecule has 0 spiro atoms. The van der Waals surface area contributed by atoms with Gasteiger partial charge in [0.2, 0.25) is 0 Å². The Morgan fingerprint density at radius 2 is 2.00 bits per heavy atom. The number of nitrogens with one attached hydrogen (secondary N) is 1. The number of hydrogen-bond acceptors (Lipinski definition) is 3. The molecular weight excluding hydrogens is 280 g/mol. The molecule has 0 radical (unpaired) electrons. The zero-order valence-corrected chi connectivity index (χ0v) is 13.0. The van der Waals surface area contributed by atoms with Crippen molar-refractivity contribution in [1.82, 2.24) is 10.2 Å². The summed E-state index contributed by atoms with van der Waals surface area (Å²) >= 11 is 1.68. The van der Waals surface area contributed by atoms with Crippen molar-refractivity contribution in [1.29, 1.82) is 0 Å². The molecule has 3 nitrogen and oxygen atoms in total. The topological polar surface area (TPSA) is 32.3 Å². The van der Waals surface area contributed by atoms with Gasteiger partial charge < -0.3 is 5.32 Å². The van der Waals surface area contributed by atoms with E-state index < -0.39 is 0 Å². The average Bonchev–Trinajstić information content (AvgIpc) is 2.98. The Balaban J connectivity index is 1.54. The normalized spacial score (nSPS) is 31.5. The molecule has 0 saturated carbocycles. The average molecular weight is 300 g/mol. The lowest BCUT2D eigenvalue weighted by Gasteiger charge is -2.49. The highest BCUT2D eigenvalue weighted by atomic mass is 32.1. The van der Waals surface area contributed by atoms with Gasteiger partial charge in [0.1, 0.15) is 0 Å². The van der Waals surface area contributed by atoms with Gasteiger partial charge in [0.05, 0.1) is 0 Å². The van der Waals surface area contributed by atoms with Crippen molar-refractivity contribution < 1.29 is 4.79 Å². The molecule has 21 heavy (non-hydrogen) atoms. The van der Waals surface area contributed by atoms with Crippen LogP contribution in [-0.2, 0) is 0 Å². The van der Waals surface area contributed by atoms with Crippen LogP contribution in [0.25, 0.3) is 10.8 Å². The van der Waals surface area contributed by atoms with Gasteiger partial charge in [0, 0.05) is 17.6 Å². The monoisotopic (exact) mass is 300 g/mol. The van der Waals surface area contributed by atoms with Crippen molar-refractivity contribution in [3.63, 3.8) is 0 Å². The number of carbonyl (C=O) groups excluding carboxylic acids is 1. The first-order valence-electron chi connectivity index (χ1n) is 7.73. The molecule has 3 aliphatic rings. The summed E-state index contributed by atoms with van der Waals surface area (Å²) < 4.78 is 0. The van der Waals surface area contributed by atoms with Gasteiger partial charge in [-0.25, -0.2) is 0 Å². The van der Waals surface area contributed by atoms with Gasteiger partial charge in [-0.15, -0.1) is 0 Å². The molecule has 1 aromatic heterocycles. The van der Waals surface area contributed by atoms with E-state index in [1.165, 1.54) is 31.3 Å². The molecule has 110 valence electrons. The van der Waals surface area contributed by atoms with Crippen LogP contribution in [0.5, 0.6) is 0 Å².